The summed E-state index contributed by atoms with van der Waals surface area (Å²) in [5.41, 5.74) is 4.80. The van der Waals surface area contributed by atoms with Gasteiger partial charge >= 0.3 is 5.97 Å². The Kier molecular flexibility index (Phi) is 7.92. The van der Waals surface area contributed by atoms with Gasteiger partial charge in [-0.25, -0.2) is 4.79 Å². The van der Waals surface area contributed by atoms with Crippen LogP contribution in [0.4, 0.5) is 0 Å². The molecule has 2 fully saturated rings. The minimum Gasteiger partial charge on any atom is -0.480 e. The van der Waals surface area contributed by atoms with E-state index in [4.69, 9.17) is 9.84 Å². The minimum atomic E-state index is -0.914. The summed E-state index contributed by atoms with van der Waals surface area (Å²) >= 11 is 0. The summed E-state index contributed by atoms with van der Waals surface area (Å²) in [6.45, 7) is 4.44. The van der Waals surface area contributed by atoms with Crippen molar-refractivity contribution < 1.29 is 14.6 Å². The first kappa shape index (κ1) is 19.4. The Balaban J connectivity index is 1.82. The molecule has 2 saturated carbocycles. The topological polar surface area (TPSA) is 46.5 Å². The molecule has 0 saturated heterocycles. The van der Waals surface area contributed by atoms with Crippen LogP contribution in [0.15, 0.2) is 29.5 Å². The standard InChI is InChI=1S/C22H28O3/c1-3-4-5-7-17(2)8-6-9-19-10-11-20-14-18(15-21(19)20)12-13-25-16-22(23)24/h8-10,12,17,19-21H,3,7,11,13-16H2,1-2H3/p+1/b18-12+/t6?,17-,19-,20+,21+/m0/s1. The molecule has 0 bridgehead atoms. The highest BCUT2D eigenvalue weighted by atomic mass is 16.5. The van der Waals surface area contributed by atoms with E-state index in [0.29, 0.717) is 24.4 Å². The highest BCUT2D eigenvalue weighted by molar-refractivity contribution is 5.68. The van der Waals surface area contributed by atoms with E-state index in [1.807, 2.05) is 0 Å². The number of carbonyl (C=O) groups is 1. The van der Waals surface area contributed by atoms with Crippen molar-refractivity contribution in [3.8, 4) is 11.8 Å². The van der Waals surface area contributed by atoms with Crippen molar-refractivity contribution >= 4 is 5.97 Å². The molecule has 3 nitrogen and oxygen atoms in total. The minimum absolute atomic E-state index is 0.221. The summed E-state index contributed by atoms with van der Waals surface area (Å²) in [5.74, 6) is 7.72. The molecule has 134 valence electrons. The van der Waals surface area contributed by atoms with Crippen molar-refractivity contribution in [1.29, 1.82) is 0 Å². The van der Waals surface area contributed by atoms with Gasteiger partial charge in [0.15, 0.2) is 0 Å². The molecular formula is C22H29O3+. The first-order chi connectivity index (χ1) is 12.1. The summed E-state index contributed by atoms with van der Waals surface area (Å²) in [4.78, 5) is 10.4. The van der Waals surface area contributed by atoms with E-state index in [9.17, 15) is 4.79 Å². The summed E-state index contributed by atoms with van der Waals surface area (Å²) < 4.78 is 5.12. The van der Waals surface area contributed by atoms with Crippen LogP contribution in [0.25, 0.3) is 0 Å². The third-order valence-electron chi connectivity index (χ3n) is 4.94. The van der Waals surface area contributed by atoms with Crippen LogP contribution < -0.4 is 0 Å². The fraction of sp³-hybridized carbons (Fsp3) is 0.591. The Labute approximate surface area is 151 Å². The Morgan fingerprint density at radius 3 is 3.04 bits per heavy atom. The Morgan fingerprint density at radius 2 is 2.28 bits per heavy atom. The third kappa shape index (κ3) is 6.50. The summed E-state index contributed by atoms with van der Waals surface area (Å²) in [6, 6.07) is 0. The molecule has 2 aliphatic rings. The highest BCUT2D eigenvalue weighted by Crippen LogP contribution is 2.49. The van der Waals surface area contributed by atoms with Crippen molar-refractivity contribution in [3.05, 3.63) is 36.0 Å². The second-order valence-electron chi connectivity index (χ2n) is 7.04. The number of carboxylic acids is 1. The summed E-state index contributed by atoms with van der Waals surface area (Å²) in [5, 5.41) is 8.58. The van der Waals surface area contributed by atoms with E-state index in [2.05, 4.69) is 56.1 Å². The average Bonchev–Trinajstić information content (AvgIpc) is 3.13. The van der Waals surface area contributed by atoms with Gasteiger partial charge in [-0.2, -0.15) is 0 Å². The van der Waals surface area contributed by atoms with E-state index < -0.39 is 5.97 Å². The predicted molar refractivity (Wildman–Crippen MR) is 99.7 cm³/mol. The molecule has 25 heavy (non-hydrogen) atoms. The Hall–Kier alpha value is -1.88. The van der Waals surface area contributed by atoms with Gasteiger partial charge in [-0.3, -0.25) is 0 Å². The maximum atomic E-state index is 10.4. The molecule has 0 aliphatic heterocycles. The molecule has 2 rings (SSSR count). The smallest absolute Gasteiger partial charge is 0.329 e. The lowest BCUT2D eigenvalue weighted by atomic mass is 9.92. The summed E-state index contributed by atoms with van der Waals surface area (Å²) in [6.07, 6.45) is 14.1. The molecule has 0 radical (unpaired) electrons. The lowest BCUT2D eigenvalue weighted by molar-refractivity contribution is -0.141. The van der Waals surface area contributed by atoms with Crippen LogP contribution in [0, 0.1) is 41.9 Å². The number of carboxylic acid groups (broad SMARTS) is 1. The van der Waals surface area contributed by atoms with Crippen LogP contribution in [-0.4, -0.2) is 24.3 Å². The van der Waals surface area contributed by atoms with Crippen molar-refractivity contribution in [1.82, 2.24) is 0 Å². The van der Waals surface area contributed by atoms with E-state index in [-0.39, 0.29) is 6.61 Å². The fourth-order valence-corrected chi connectivity index (χ4v) is 3.69. The number of hydrogen-bond acceptors (Lipinski definition) is 2. The van der Waals surface area contributed by atoms with Crippen LogP contribution in [-0.2, 0) is 9.53 Å². The van der Waals surface area contributed by atoms with Gasteiger partial charge in [0.1, 0.15) is 12.5 Å². The van der Waals surface area contributed by atoms with Gasteiger partial charge in [-0.15, -0.1) is 17.6 Å². The normalized spacial score (nSPS) is 26.8. The zero-order chi connectivity index (χ0) is 18.1. The SMILES string of the molecule is CCC#CC[C@H](C)C=C=C[C@H]1[CH+]C[C@@H]2C/C(=C\COCC(=O)O)C[C@@H]21. The molecule has 0 aromatic heterocycles. The second kappa shape index (κ2) is 10.2. The molecular weight excluding hydrogens is 312 g/mol. The van der Waals surface area contributed by atoms with Crippen LogP contribution in [0.3, 0.4) is 0 Å². The fourth-order valence-electron chi connectivity index (χ4n) is 3.69. The second-order valence-corrected chi connectivity index (χ2v) is 7.04. The van der Waals surface area contributed by atoms with Crippen LogP contribution in [0.5, 0.6) is 0 Å². The molecule has 3 heteroatoms. The molecule has 0 heterocycles. The first-order valence-electron chi connectivity index (χ1n) is 9.29. The van der Waals surface area contributed by atoms with Crippen LogP contribution >= 0.6 is 0 Å². The number of hydrogen-bond donors (Lipinski definition) is 1. The van der Waals surface area contributed by atoms with Gasteiger partial charge < -0.3 is 9.84 Å². The zero-order valence-corrected chi connectivity index (χ0v) is 15.3. The Bertz CT molecular complexity index is 598. The summed E-state index contributed by atoms with van der Waals surface area (Å²) in [7, 11) is 0. The lowest BCUT2D eigenvalue weighted by Gasteiger charge is -2.07. The first-order valence-corrected chi connectivity index (χ1v) is 9.29. The monoisotopic (exact) mass is 341 g/mol. The van der Waals surface area contributed by atoms with Crippen molar-refractivity contribution in [2.75, 3.05) is 13.2 Å². The molecule has 4 atom stereocenters. The molecule has 0 aromatic carbocycles. The number of allylic oxidation sites excluding steroid dienone is 2. The van der Waals surface area contributed by atoms with Gasteiger partial charge in [-0.05, 0) is 24.8 Å². The van der Waals surface area contributed by atoms with Crippen LogP contribution in [0.2, 0.25) is 0 Å². The maximum absolute atomic E-state index is 10.4. The Morgan fingerprint density at radius 1 is 1.44 bits per heavy atom. The molecule has 0 aromatic rings. The zero-order valence-electron chi connectivity index (χ0n) is 15.3. The van der Waals surface area contributed by atoms with E-state index in [0.717, 1.165) is 31.6 Å². The van der Waals surface area contributed by atoms with Crippen LogP contribution in [0.1, 0.15) is 46.0 Å². The van der Waals surface area contributed by atoms with Gasteiger partial charge in [0, 0.05) is 30.8 Å². The molecule has 2 aliphatic carbocycles. The van der Waals surface area contributed by atoms with E-state index in [1.165, 1.54) is 12.0 Å². The quantitative estimate of drug-likeness (QED) is 0.245. The predicted octanol–water partition coefficient (Wildman–Crippen LogP) is 4.42. The number of ether oxygens (including phenoxy) is 1. The maximum Gasteiger partial charge on any atom is 0.329 e. The number of rotatable bonds is 7. The number of fused-ring (bicyclic) bond motifs is 1. The average molecular weight is 341 g/mol. The van der Waals surface area contributed by atoms with Crippen molar-refractivity contribution in [2.24, 2.45) is 23.7 Å². The molecule has 1 N–H and O–H groups in total. The molecule has 0 spiro atoms. The third-order valence-corrected chi connectivity index (χ3v) is 4.94. The number of aliphatic carboxylic acids is 1. The van der Waals surface area contributed by atoms with E-state index in [1.54, 1.807) is 0 Å². The largest absolute Gasteiger partial charge is 0.480 e. The van der Waals surface area contributed by atoms with Crippen molar-refractivity contribution in [2.45, 2.75) is 46.0 Å². The van der Waals surface area contributed by atoms with E-state index >= 15 is 0 Å². The highest BCUT2D eigenvalue weighted by Gasteiger charge is 2.46. The van der Waals surface area contributed by atoms with Gasteiger partial charge in [-0.1, -0.05) is 25.5 Å². The van der Waals surface area contributed by atoms with Crippen molar-refractivity contribution in [3.63, 3.8) is 0 Å². The molecule has 0 unspecified atom stereocenters. The molecule has 0 amide bonds. The lowest BCUT2D eigenvalue weighted by Crippen LogP contribution is -2.07. The van der Waals surface area contributed by atoms with Gasteiger partial charge in [0.25, 0.3) is 0 Å². The van der Waals surface area contributed by atoms with Gasteiger partial charge in [0.2, 0.25) is 0 Å². The van der Waals surface area contributed by atoms with Gasteiger partial charge in [0.05, 0.1) is 19.4 Å².